The van der Waals surface area contributed by atoms with Crippen LogP contribution in [0.2, 0.25) is 0 Å². The molecular formula is C24H22BrNO8S. The molecule has 1 heterocycles. The predicted molar refractivity (Wildman–Crippen MR) is 132 cm³/mol. The molecule has 9 nitrogen and oxygen atoms in total. The number of carboxylic acids is 1. The highest BCUT2D eigenvalue weighted by atomic mass is 79.9. The Morgan fingerprint density at radius 2 is 1.94 bits per heavy atom. The van der Waals surface area contributed by atoms with Gasteiger partial charge in [-0.05, 0) is 83.0 Å². The number of benzene rings is 2. The summed E-state index contributed by atoms with van der Waals surface area (Å²) in [7, 11) is 1.19. The molecule has 0 aliphatic carbocycles. The number of thioether (sulfide) groups is 1. The number of carboxylic acid groups (broad SMARTS) is 1. The van der Waals surface area contributed by atoms with Gasteiger partial charge in [0.1, 0.15) is 12.6 Å². The molecule has 1 fully saturated rings. The molecule has 11 heteroatoms. The van der Waals surface area contributed by atoms with Gasteiger partial charge in [-0.15, -0.1) is 0 Å². The first-order valence-electron chi connectivity index (χ1n) is 10.4. The van der Waals surface area contributed by atoms with Crippen LogP contribution in [0.15, 0.2) is 45.8 Å². The lowest BCUT2D eigenvalue weighted by Gasteiger charge is -2.18. The van der Waals surface area contributed by atoms with Crippen LogP contribution in [0.1, 0.15) is 35.3 Å². The number of ether oxygens (including phenoxy) is 3. The third-order valence-electron chi connectivity index (χ3n) is 4.94. The molecule has 0 saturated carbocycles. The molecule has 2 aromatic rings. The van der Waals surface area contributed by atoms with Crippen LogP contribution in [-0.2, 0) is 20.9 Å². The van der Waals surface area contributed by atoms with Crippen LogP contribution >= 0.6 is 27.7 Å². The summed E-state index contributed by atoms with van der Waals surface area (Å²) in [5.74, 6) is -1.52. The molecule has 2 aromatic carbocycles. The van der Waals surface area contributed by atoms with Crippen molar-refractivity contribution in [3.63, 3.8) is 0 Å². The highest BCUT2D eigenvalue weighted by Gasteiger charge is 2.41. The molecule has 0 aromatic heterocycles. The van der Waals surface area contributed by atoms with Crippen molar-refractivity contribution in [3.05, 3.63) is 62.5 Å². The topological polar surface area (TPSA) is 119 Å². The first-order chi connectivity index (χ1) is 16.7. The van der Waals surface area contributed by atoms with Gasteiger partial charge in [0.05, 0.1) is 28.7 Å². The van der Waals surface area contributed by atoms with Crippen molar-refractivity contribution in [1.29, 1.82) is 0 Å². The van der Waals surface area contributed by atoms with Gasteiger partial charge in [0.2, 0.25) is 0 Å². The number of hydrogen-bond acceptors (Lipinski definition) is 8. The third-order valence-corrected chi connectivity index (χ3v) is 6.41. The van der Waals surface area contributed by atoms with Crippen LogP contribution in [0, 0.1) is 0 Å². The van der Waals surface area contributed by atoms with Crippen molar-refractivity contribution < 1.29 is 38.5 Å². The number of carbonyl (C=O) groups excluding carboxylic acids is 3. The van der Waals surface area contributed by atoms with Crippen LogP contribution in [0.3, 0.4) is 0 Å². The van der Waals surface area contributed by atoms with Crippen molar-refractivity contribution in [2.45, 2.75) is 26.5 Å². The van der Waals surface area contributed by atoms with E-state index in [2.05, 4.69) is 20.7 Å². The lowest BCUT2D eigenvalue weighted by atomic mass is 10.1. The average molecular weight is 564 g/mol. The maximum absolute atomic E-state index is 12.8. The number of carbonyl (C=O) groups is 4. The molecule has 1 N–H and O–H groups in total. The van der Waals surface area contributed by atoms with Gasteiger partial charge < -0.3 is 19.3 Å². The molecule has 1 atom stereocenters. The minimum absolute atomic E-state index is 0.101. The molecule has 184 valence electrons. The predicted octanol–water partition coefficient (Wildman–Crippen LogP) is 4.72. The van der Waals surface area contributed by atoms with E-state index in [0.717, 1.165) is 16.7 Å². The highest BCUT2D eigenvalue weighted by Crippen LogP contribution is 2.40. The van der Waals surface area contributed by atoms with Crippen LogP contribution in [0.4, 0.5) is 4.79 Å². The van der Waals surface area contributed by atoms with Crippen LogP contribution in [-0.4, -0.2) is 52.8 Å². The number of halogens is 1. The standard InChI is InChI=1S/C24H22BrNO8S/c1-4-33-18-10-15(11-19-21(27)26(24(31)35-19)13(2)23(30)32-3)9-17(25)20(18)34-12-14-6-5-7-16(8-14)22(28)29/h5-11,13H,4,12H2,1-3H3,(H,28,29)/b19-11+/t13-/m1/s1. The van der Waals surface area contributed by atoms with Crippen molar-refractivity contribution in [2.24, 2.45) is 0 Å². The number of aromatic carboxylic acids is 1. The van der Waals surface area contributed by atoms with Gasteiger partial charge in [0.15, 0.2) is 11.5 Å². The fourth-order valence-electron chi connectivity index (χ4n) is 3.26. The van der Waals surface area contributed by atoms with Crippen LogP contribution in [0.5, 0.6) is 11.5 Å². The van der Waals surface area contributed by atoms with Crippen LogP contribution < -0.4 is 9.47 Å². The maximum Gasteiger partial charge on any atom is 0.335 e. The summed E-state index contributed by atoms with van der Waals surface area (Å²) in [6, 6.07) is 8.72. The molecular weight excluding hydrogens is 542 g/mol. The van der Waals surface area contributed by atoms with Crippen molar-refractivity contribution >= 4 is 56.9 Å². The summed E-state index contributed by atoms with van der Waals surface area (Å²) >= 11 is 4.19. The molecule has 0 bridgehead atoms. The number of nitrogens with zero attached hydrogens (tertiary/aromatic N) is 1. The summed E-state index contributed by atoms with van der Waals surface area (Å²) in [4.78, 5) is 49.2. The number of rotatable bonds is 9. The Bertz CT molecular complexity index is 1210. The molecule has 1 aliphatic heterocycles. The van der Waals surface area contributed by atoms with E-state index in [1.54, 1.807) is 31.2 Å². The van der Waals surface area contributed by atoms with Gasteiger partial charge in [0, 0.05) is 0 Å². The van der Waals surface area contributed by atoms with E-state index < -0.39 is 29.1 Å². The molecule has 1 aliphatic rings. The van der Waals surface area contributed by atoms with E-state index in [1.165, 1.54) is 32.2 Å². The smallest absolute Gasteiger partial charge is 0.335 e. The van der Waals surface area contributed by atoms with Crippen molar-refractivity contribution in [3.8, 4) is 11.5 Å². The SMILES string of the molecule is CCOc1cc(/C=C2/SC(=O)N([C@H](C)C(=O)OC)C2=O)cc(Br)c1OCc1cccc(C(=O)O)c1. The van der Waals surface area contributed by atoms with E-state index in [0.29, 0.717) is 33.7 Å². The van der Waals surface area contributed by atoms with Gasteiger partial charge in [-0.25, -0.2) is 9.59 Å². The quantitative estimate of drug-likeness (QED) is 0.341. The zero-order chi connectivity index (χ0) is 25.7. The fourth-order valence-corrected chi connectivity index (χ4v) is 4.75. The second-order valence-corrected chi connectivity index (χ2v) is 9.16. The number of esters is 1. The summed E-state index contributed by atoms with van der Waals surface area (Å²) in [5.41, 5.74) is 1.38. The van der Waals surface area contributed by atoms with Crippen molar-refractivity contribution in [1.82, 2.24) is 4.90 Å². The maximum atomic E-state index is 12.8. The number of imide groups is 1. The molecule has 0 radical (unpaired) electrons. The van der Waals surface area contributed by atoms with Crippen LogP contribution in [0.25, 0.3) is 6.08 Å². The second-order valence-electron chi connectivity index (χ2n) is 7.31. The number of amides is 2. The van der Waals surface area contributed by atoms with Gasteiger partial charge >= 0.3 is 11.9 Å². The summed E-state index contributed by atoms with van der Waals surface area (Å²) in [6.45, 7) is 3.67. The van der Waals surface area contributed by atoms with Gasteiger partial charge in [-0.3, -0.25) is 14.5 Å². The lowest BCUT2D eigenvalue weighted by Crippen LogP contribution is -2.42. The summed E-state index contributed by atoms with van der Waals surface area (Å²) in [5, 5.41) is 8.61. The molecule has 0 unspecified atom stereocenters. The van der Waals surface area contributed by atoms with E-state index in [1.807, 2.05) is 0 Å². The molecule has 0 spiro atoms. The first kappa shape index (κ1) is 26.3. The second kappa shape index (κ2) is 11.4. The van der Waals surface area contributed by atoms with Crippen molar-refractivity contribution in [2.75, 3.05) is 13.7 Å². The highest BCUT2D eigenvalue weighted by molar-refractivity contribution is 9.10. The van der Waals surface area contributed by atoms with E-state index in [4.69, 9.17) is 9.47 Å². The zero-order valence-corrected chi connectivity index (χ0v) is 21.5. The Labute approximate surface area is 214 Å². The van der Waals surface area contributed by atoms with E-state index in [-0.39, 0.29) is 17.1 Å². The number of hydrogen-bond donors (Lipinski definition) is 1. The van der Waals surface area contributed by atoms with E-state index >= 15 is 0 Å². The fraction of sp³-hybridized carbons (Fsp3) is 0.250. The Morgan fingerprint density at radius 1 is 1.20 bits per heavy atom. The Morgan fingerprint density at radius 3 is 2.60 bits per heavy atom. The minimum atomic E-state index is -1.04. The lowest BCUT2D eigenvalue weighted by molar-refractivity contribution is -0.148. The Kier molecular flexibility index (Phi) is 8.57. The summed E-state index contributed by atoms with van der Waals surface area (Å²) < 4.78 is 16.8. The van der Waals surface area contributed by atoms with E-state index in [9.17, 15) is 24.3 Å². The minimum Gasteiger partial charge on any atom is -0.490 e. The zero-order valence-electron chi connectivity index (χ0n) is 19.1. The normalized spacial score (nSPS) is 15.3. The van der Waals surface area contributed by atoms with Gasteiger partial charge in [-0.1, -0.05) is 12.1 Å². The number of methoxy groups -OCH3 is 1. The Balaban J connectivity index is 1.86. The monoisotopic (exact) mass is 563 g/mol. The third kappa shape index (κ3) is 6.04. The molecule has 3 rings (SSSR count). The van der Waals surface area contributed by atoms with Gasteiger partial charge in [-0.2, -0.15) is 0 Å². The Hall–Kier alpha value is -3.31. The van der Waals surface area contributed by atoms with Gasteiger partial charge in [0.25, 0.3) is 11.1 Å². The largest absolute Gasteiger partial charge is 0.490 e. The average Bonchev–Trinajstić information content (AvgIpc) is 3.10. The molecule has 2 amide bonds. The first-order valence-corrected chi connectivity index (χ1v) is 12.0. The summed E-state index contributed by atoms with van der Waals surface area (Å²) in [6.07, 6.45) is 1.53. The molecule has 35 heavy (non-hydrogen) atoms. The molecule has 1 saturated heterocycles.